The van der Waals surface area contributed by atoms with Crippen molar-refractivity contribution >= 4 is 70.1 Å². The van der Waals surface area contributed by atoms with E-state index in [9.17, 15) is 28.0 Å². The molecule has 0 unspecified atom stereocenters. The molecule has 2 aliphatic carbocycles. The van der Waals surface area contributed by atoms with Crippen molar-refractivity contribution in [3.8, 4) is 0 Å². The summed E-state index contributed by atoms with van der Waals surface area (Å²) in [6.07, 6.45) is 1.17. The third kappa shape index (κ3) is 10.1. The average Bonchev–Trinajstić information content (AvgIpc) is 3.72. The van der Waals surface area contributed by atoms with Crippen molar-refractivity contribution in [3.63, 3.8) is 0 Å². The van der Waals surface area contributed by atoms with Crippen LogP contribution in [0.5, 0.6) is 0 Å². The lowest BCUT2D eigenvalue weighted by Gasteiger charge is -2.22. The van der Waals surface area contributed by atoms with E-state index in [-0.39, 0.29) is 51.8 Å². The fourth-order valence-electron chi connectivity index (χ4n) is 6.83. The van der Waals surface area contributed by atoms with Crippen LogP contribution in [0.2, 0.25) is 10.0 Å². The topological polar surface area (TPSA) is 217 Å². The van der Waals surface area contributed by atoms with Crippen LogP contribution in [0.1, 0.15) is 34.3 Å². The molecule has 4 atom stereocenters. The minimum Gasteiger partial charge on any atom is -0.370 e. The Bertz CT molecular complexity index is 2100. The van der Waals surface area contributed by atoms with E-state index in [0.29, 0.717) is 25.9 Å². The molecule has 4 aromatic rings. The van der Waals surface area contributed by atoms with Gasteiger partial charge in [-0.1, -0.05) is 71.7 Å². The number of rotatable bonds is 10. The van der Waals surface area contributed by atoms with Crippen LogP contribution in [0.25, 0.3) is 0 Å². The number of guanidine groups is 2. The number of carbonyl (C=O) groups excluding carboxylic acids is 4. The summed E-state index contributed by atoms with van der Waals surface area (Å²) >= 11 is 11.4. The van der Waals surface area contributed by atoms with E-state index in [1.165, 1.54) is 24.3 Å². The average molecular weight is 820 g/mol. The highest BCUT2D eigenvalue weighted by atomic mass is 35.5. The van der Waals surface area contributed by atoms with Gasteiger partial charge >= 0.3 is 23.6 Å². The van der Waals surface area contributed by atoms with Crippen LogP contribution in [0.3, 0.4) is 0 Å². The second-order valence-electron chi connectivity index (χ2n) is 13.4. The summed E-state index contributed by atoms with van der Waals surface area (Å²) in [4.78, 5) is 59.7. The first-order valence-corrected chi connectivity index (χ1v) is 18.5. The molecule has 0 fully saturated rings. The first-order chi connectivity index (χ1) is 27.4. The van der Waals surface area contributed by atoms with Crippen LogP contribution in [0, 0.1) is 23.5 Å². The minimum absolute atomic E-state index is 0.0729. The van der Waals surface area contributed by atoms with Crippen LogP contribution >= 0.6 is 23.2 Å². The van der Waals surface area contributed by atoms with Gasteiger partial charge in [-0.05, 0) is 71.5 Å². The van der Waals surface area contributed by atoms with Crippen LogP contribution in [-0.4, -0.2) is 55.3 Å². The largest absolute Gasteiger partial charge is 0.370 e. The van der Waals surface area contributed by atoms with Gasteiger partial charge < -0.3 is 43.4 Å². The standard InChI is InChI=1S/C39H38Cl2F2N10O4/c40-28-11-9-24(15-30(28)42)50-34(54)36(56)52-32-22(13-20-5-1-3-7-26(20)32)17-46-38(44)48-19-49-39(45)47-18-23-14-21-6-2-4-8-27(21)33(23)53-37(57)35(55)51-25-10-12-29(41)31(43)16-25/h1-12,15-16,22-23,32-33H,13-14,17-19H2,(H,50,54)(H,51,55)(H,52,56)(H,53,57)(H3,44,46,48)(H3,45,47,49)/t22-,23-,32-,33-/m1/s1. The Morgan fingerprint density at radius 2 is 1.02 bits per heavy atom. The number of hydrogen-bond acceptors (Lipinski definition) is 6. The number of hydrogen-bond donors (Lipinski definition) is 8. The van der Waals surface area contributed by atoms with Crippen molar-refractivity contribution in [1.82, 2.24) is 21.3 Å². The molecule has 6 rings (SSSR count). The number of halogens is 4. The second kappa shape index (κ2) is 18.1. The molecule has 4 amide bonds. The fourth-order valence-corrected chi connectivity index (χ4v) is 7.07. The summed E-state index contributed by atoms with van der Waals surface area (Å²) in [6, 6.07) is 21.4. The summed E-state index contributed by atoms with van der Waals surface area (Å²) in [7, 11) is 0. The molecule has 18 heteroatoms. The molecule has 0 saturated carbocycles. The van der Waals surface area contributed by atoms with Gasteiger partial charge in [0.25, 0.3) is 0 Å². The highest BCUT2D eigenvalue weighted by molar-refractivity contribution is 6.40. The lowest BCUT2D eigenvalue weighted by atomic mass is 10.0. The normalized spacial score (nSPS) is 18.5. The Morgan fingerprint density at radius 3 is 1.42 bits per heavy atom. The molecule has 0 bridgehead atoms. The van der Waals surface area contributed by atoms with Gasteiger partial charge in [0.15, 0.2) is 11.9 Å². The Kier molecular flexibility index (Phi) is 12.8. The van der Waals surface area contributed by atoms with Gasteiger partial charge in [-0.15, -0.1) is 0 Å². The molecule has 2 aliphatic rings. The number of fused-ring (bicyclic) bond motifs is 2. The van der Waals surface area contributed by atoms with Crippen LogP contribution in [-0.2, 0) is 32.0 Å². The van der Waals surface area contributed by atoms with Crippen LogP contribution < -0.4 is 43.4 Å². The molecule has 0 heterocycles. The van der Waals surface area contributed by atoms with Crippen LogP contribution in [0.4, 0.5) is 20.2 Å². The Labute approximate surface area is 335 Å². The number of anilines is 2. The van der Waals surface area contributed by atoms with Gasteiger partial charge in [-0.2, -0.15) is 0 Å². The molecule has 4 aromatic carbocycles. The molecule has 57 heavy (non-hydrogen) atoms. The zero-order chi connectivity index (χ0) is 40.6. The molecule has 0 radical (unpaired) electrons. The lowest BCUT2D eigenvalue weighted by Crippen LogP contribution is -2.43. The number of nitrogens with one attached hydrogen (secondary N) is 6. The van der Waals surface area contributed by atoms with Gasteiger partial charge in [0.05, 0.1) is 22.1 Å². The number of nitrogens with two attached hydrogens (primary N) is 2. The predicted octanol–water partition coefficient (Wildman–Crippen LogP) is 3.67. The number of nitrogens with zero attached hydrogens (tertiary/aromatic N) is 2. The third-order valence-corrected chi connectivity index (χ3v) is 10.2. The molecule has 0 aliphatic heterocycles. The van der Waals surface area contributed by atoms with Crippen LogP contribution in [0.15, 0.2) is 94.9 Å². The first kappa shape index (κ1) is 40.4. The molecule has 0 spiro atoms. The first-order valence-electron chi connectivity index (χ1n) is 17.7. The fraction of sp³-hybridized carbons (Fsp3) is 0.231. The monoisotopic (exact) mass is 818 g/mol. The number of amides is 4. The number of carbonyl (C=O) groups is 4. The zero-order valence-electron chi connectivity index (χ0n) is 30.1. The van der Waals surface area contributed by atoms with Crippen molar-refractivity contribution in [1.29, 1.82) is 0 Å². The lowest BCUT2D eigenvalue weighted by molar-refractivity contribution is -0.136. The maximum atomic E-state index is 13.9. The Balaban J connectivity index is 1.00. The van der Waals surface area contributed by atoms with Gasteiger partial charge in [0.2, 0.25) is 0 Å². The molecule has 14 nitrogen and oxygen atoms in total. The summed E-state index contributed by atoms with van der Waals surface area (Å²) in [5.41, 5.74) is 16.2. The molecule has 10 N–H and O–H groups in total. The van der Waals surface area contributed by atoms with E-state index in [4.69, 9.17) is 34.7 Å². The SMILES string of the molecule is NC(=NCN=C(N)NC[C@H]1Cc2ccccc2[C@@H]1NC(=O)C(=O)Nc1ccc(Cl)c(F)c1)NC[C@H]1Cc2ccccc2[C@@H]1NC(=O)C(=O)Nc1ccc(Cl)c(F)c1. The predicted molar refractivity (Wildman–Crippen MR) is 213 cm³/mol. The molecule has 0 aromatic heterocycles. The highest BCUT2D eigenvalue weighted by Crippen LogP contribution is 2.37. The van der Waals surface area contributed by atoms with Crippen molar-refractivity contribution in [2.24, 2.45) is 33.3 Å². The van der Waals surface area contributed by atoms with E-state index < -0.39 is 47.3 Å². The quantitative estimate of drug-likeness (QED) is 0.0670. The maximum absolute atomic E-state index is 13.9. The van der Waals surface area contributed by atoms with E-state index in [0.717, 1.165) is 34.4 Å². The highest BCUT2D eigenvalue weighted by Gasteiger charge is 2.36. The van der Waals surface area contributed by atoms with E-state index in [1.807, 2.05) is 48.5 Å². The Morgan fingerprint density at radius 1 is 0.614 bits per heavy atom. The summed E-state index contributed by atoms with van der Waals surface area (Å²) in [5.74, 6) is -5.46. The van der Waals surface area contributed by atoms with Crippen molar-refractivity contribution in [2.45, 2.75) is 24.9 Å². The smallest absolute Gasteiger partial charge is 0.313 e. The third-order valence-electron chi connectivity index (χ3n) is 9.60. The van der Waals surface area contributed by atoms with E-state index >= 15 is 0 Å². The van der Waals surface area contributed by atoms with Gasteiger partial charge in [-0.25, -0.2) is 18.8 Å². The van der Waals surface area contributed by atoms with Gasteiger partial charge in [-0.3, -0.25) is 19.2 Å². The van der Waals surface area contributed by atoms with E-state index in [2.05, 4.69) is 41.9 Å². The van der Waals surface area contributed by atoms with Crippen molar-refractivity contribution in [2.75, 3.05) is 30.4 Å². The molecule has 0 saturated heterocycles. The molecular weight excluding hydrogens is 781 g/mol. The van der Waals surface area contributed by atoms with Gasteiger partial charge in [0, 0.05) is 36.3 Å². The summed E-state index contributed by atoms with van der Waals surface area (Å²) in [6.45, 7) is 0.464. The molecular formula is C39H38Cl2F2N10O4. The minimum atomic E-state index is -0.966. The van der Waals surface area contributed by atoms with E-state index in [1.54, 1.807) is 0 Å². The maximum Gasteiger partial charge on any atom is 0.313 e. The molecule has 296 valence electrons. The second-order valence-corrected chi connectivity index (χ2v) is 14.2. The summed E-state index contributed by atoms with van der Waals surface area (Å²) < 4.78 is 27.7. The van der Waals surface area contributed by atoms with Gasteiger partial charge in [0.1, 0.15) is 18.3 Å². The van der Waals surface area contributed by atoms with Crippen molar-refractivity contribution in [3.05, 3.63) is 129 Å². The zero-order valence-corrected chi connectivity index (χ0v) is 31.6. The Hall–Kier alpha value is -6.26. The number of aliphatic imine (C=N–C) groups is 2. The van der Waals surface area contributed by atoms with Crippen molar-refractivity contribution < 1.29 is 28.0 Å². The number of benzene rings is 4. The summed E-state index contributed by atoms with van der Waals surface area (Å²) in [5, 5.41) is 16.2.